The van der Waals surface area contributed by atoms with Gasteiger partial charge in [0.1, 0.15) is 4.90 Å². The Labute approximate surface area is 119 Å². The monoisotopic (exact) mass is 302 g/mol. The topological polar surface area (TPSA) is 99.2 Å². The van der Waals surface area contributed by atoms with Crippen molar-refractivity contribution in [2.75, 3.05) is 19.7 Å². The van der Waals surface area contributed by atoms with Crippen LogP contribution in [0.25, 0.3) is 0 Å². The number of ether oxygens (including phenoxy) is 1. The molecular weight excluding hydrogens is 280 g/mol. The zero-order valence-electron chi connectivity index (χ0n) is 11.5. The zero-order valence-corrected chi connectivity index (χ0v) is 12.3. The Hall–Kier alpha value is -0.960. The predicted octanol–water partition coefficient (Wildman–Crippen LogP) is 0.0793. The molecule has 0 unspecified atom stereocenters. The number of hydrogen-bond acceptors (Lipinski definition) is 5. The molecule has 0 aliphatic heterocycles. The fourth-order valence-corrected chi connectivity index (χ4v) is 3.24. The van der Waals surface area contributed by atoms with Crippen LogP contribution < -0.4 is 10.5 Å². The fraction of sp³-hybridized carbons (Fsp3) is 0.750. The van der Waals surface area contributed by atoms with E-state index in [9.17, 15) is 8.42 Å². The molecule has 0 saturated heterocycles. The molecule has 2 rings (SSSR count). The van der Waals surface area contributed by atoms with Crippen LogP contribution in [0.2, 0.25) is 0 Å². The summed E-state index contributed by atoms with van der Waals surface area (Å²) >= 11 is 0. The molecule has 1 aliphatic carbocycles. The molecule has 0 spiro atoms. The van der Waals surface area contributed by atoms with Crippen molar-refractivity contribution < 1.29 is 13.2 Å². The lowest BCUT2D eigenvalue weighted by molar-refractivity contribution is 0.0626. The number of nitrogens with zero attached hydrogens (tertiary/aromatic N) is 2. The van der Waals surface area contributed by atoms with E-state index in [0.717, 1.165) is 12.8 Å². The molecule has 1 fully saturated rings. The average Bonchev–Trinajstić information content (AvgIpc) is 3.06. The molecule has 7 nitrogen and oxygen atoms in total. The number of nitrogens with two attached hydrogens (primary N) is 1. The number of nitrogens with one attached hydrogen (secondary N) is 1. The van der Waals surface area contributed by atoms with Crippen LogP contribution in [0.1, 0.15) is 25.7 Å². The van der Waals surface area contributed by atoms with Crippen molar-refractivity contribution in [1.29, 1.82) is 0 Å². The average molecular weight is 302 g/mol. The molecule has 0 aromatic carbocycles. The van der Waals surface area contributed by atoms with E-state index in [4.69, 9.17) is 10.5 Å². The standard InChI is InChI=1S/C12H22N4O3S/c13-5-7-16-10-12(9-14-16)20(17,18)15-6-8-19-11-3-1-2-4-11/h9-11,15H,1-8,13H2. The lowest BCUT2D eigenvalue weighted by Crippen LogP contribution is -2.28. The first kappa shape index (κ1) is 15.4. The third-order valence-electron chi connectivity index (χ3n) is 3.33. The van der Waals surface area contributed by atoms with Gasteiger partial charge in [0.05, 0.1) is 25.5 Å². The van der Waals surface area contributed by atoms with Crippen LogP contribution in [0.15, 0.2) is 17.3 Å². The summed E-state index contributed by atoms with van der Waals surface area (Å²) < 4.78 is 33.6. The number of aromatic nitrogens is 2. The van der Waals surface area contributed by atoms with Crippen LogP contribution in [0.3, 0.4) is 0 Å². The van der Waals surface area contributed by atoms with Crippen LogP contribution in [0.4, 0.5) is 0 Å². The third-order valence-corrected chi connectivity index (χ3v) is 4.74. The van der Waals surface area contributed by atoms with E-state index < -0.39 is 10.0 Å². The van der Waals surface area contributed by atoms with Gasteiger partial charge in [0.15, 0.2) is 0 Å². The van der Waals surface area contributed by atoms with E-state index in [1.165, 1.54) is 29.9 Å². The Morgan fingerprint density at radius 3 is 2.90 bits per heavy atom. The molecule has 8 heteroatoms. The number of sulfonamides is 1. The zero-order chi connectivity index (χ0) is 14.4. The summed E-state index contributed by atoms with van der Waals surface area (Å²) in [6.07, 6.45) is 7.68. The Kier molecular flexibility index (Phi) is 5.53. The summed E-state index contributed by atoms with van der Waals surface area (Å²) in [5.74, 6) is 0. The van der Waals surface area contributed by atoms with Gasteiger partial charge < -0.3 is 10.5 Å². The largest absolute Gasteiger partial charge is 0.377 e. The molecule has 0 atom stereocenters. The van der Waals surface area contributed by atoms with Gasteiger partial charge in [-0.1, -0.05) is 12.8 Å². The van der Waals surface area contributed by atoms with E-state index in [1.54, 1.807) is 0 Å². The first-order chi connectivity index (χ1) is 9.62. The van der Waals surface area contributed by atoms with Crippen LogP contribution in [-0.2, 0) is 21.3 Å². The Morgan fingerprint density at radius 1 is 1.45 bits per heavy atom. The molecular formula is C12H22N4O3S. The Bertz CT molecular complexity index is 509. The van der Waals surface area contributed by atoms with Gasteiger partial charge in [0.2, 0.25) is 10.0 Å². The van der Waals surface area contributed by atoms with Crippen LogP contribution in [0.5, 0.6) is 0 Å². The number of rotatable bonds is 8. The molecule has 0 bridgehead atoms. The van der Waals surface area contributed by atoms with Gasteiger partial charge in [-0.05, 0) is 12.8 Å². The van der Waals surface area contributed by atoms with Crippen molar-refractivity contribution >= 4 is 10.0 Å². The van der Waals surface area contributed by atoms with E-state index in [2.05, 4.69) is 9.82 Å². The first-order valence-electron chi connectivity index (χ1n) is 6.95. The Balaban J connectivity index is 1.77. The maximum Gasteiger partial charge on any atom is 0.243 e. The highest BCUT2D eigenvalue weighted by Gasteiger charge is 2.17. The molecule has 1 heterocycles. The molecule has 1 aromatic rings. The second-order valence-corrected chi connectivity index (χ2v) is 6.67. The first-order valence-corrected chi connectivity index (χ1v) is 8.44. The SMILES string of the molecule is NCCn1cc(S(=O)(=O)NCCOC2CCCC2)cn1. The molecule has 0 radical (unpaired) electrons. The summed E-state index contributed by atoms with van der Waals surface area (Å²) in [6.45, 7) is 1.60. The molecule has 1 saturated carbocycles. The van der Waals surface area contributed by atoms with Gasteiger partial charge in [-0.2, -0.15) is 5.10 Å². The van der Waals surface area contributed by atoms with Crippen LogP contribution in [-0.4, -0.2) is 44.0 Å². The van der Waals surface area contributed by atoms with Gasteiger partial charge >= 0.3 is 0 Å². The van der Waals surface area contributed by atoms with Gasteiger partial charge in [-0.15, -0.1) is 0 Å². The van der Waals surface area contributed by atoms with Crippen LogP contribution >= 0.6 is 0 Å². The minimum atomic E-state index is -3.51. The van der Waals surface area contributed by atoms with Crippen molar-refractivity contribution in [1.82, 2.24) is 14.5 Å². The van der Waals surface area contributed by atoms with Gasteiger partial charge in [0, 0.05) is 19.3 Å². The minimum Gasteiger partial charge on any atom is -0.377 e. The van der Waals surface area contributed by atoms with Crippen molar-refractivity contribution in [2.45, 2.75) is 43.2 Å². The highest BCUT2D eigenvalue weighted by atomic mass is 32.2. The smallest absolute Gasteiger partial charge is 0.243 e. The molecule has 20 heavy (non-hydrogen) atoms. The molecule has 3 N–H and O–H groups in total. The lowest BCUT2D eigenvalue weighted by Gasteiger charge is -2.11. The second kappa shape index (κ2) is 7.16. The van der Waals surface area contributed by atoms with Crippen LogP contribution in [0, 0.1) is 0 Å². The highest BCUT2D eigenvalue weighted by Crippen LogP contribution is 2.20. The molecule has 114 valence electrons. The van der Waals surface area contributed by atoms with Crippen molar-refractivity contribution in [3.05, 3.63) is 12.4 Å². The summed E-state index contributed by atoms with van der Waals surface area (Å²) in [5.41, 5.74) is 5.39. The fourth-order valence-electron chi connectivity index (χ4n) is 2.28. The summed E-state index contributed by atoms with van der Waals surface area (Å²) in [7, 11) is -3.51. The molecule has 1 aromatic heterocycles. The van der Waals surface area contributed by atoms with Gasteiger partial charge in [0.25, 0.3) is 0 Å². The number of hydrogen-bond donors (Lipinski definition) is 2. The Morgan fingerprint density at radius 2 is 2.20 bits per heavy atom. The summed E-state index contributed by atoms with van der Waals surface area (Å²) in [5, 5.41) is 3.95. The summed E-state index contributed by atoms with van der Waals surface area (Å²) in [4.78, 5) is 0.159. The van der Waals surface area contributed by atoms with E-state index >= 15 is 0 Å². The van der Waals surface area contributed by atoms with Crippen molar-refractivity contribution in [3.8, 4) is 0 Å². The molecule has 1 aliphatic rings. The molecule has 0 amide bonds. The third kappa shape index (κ3) is 4.27. The summed E-state index contributed by atoms with van der Waals surface area (Å²) in [6, 6.07) is 0. The maximum atomic E-state index is 12.0. The predicted molar refractivity (Wildman–Crippen MR) is 74.7 cm³/mol. The lowest BCUT2D eigenvalue weighted by atomic mass is 10.3. The van der Waals surface area contributed by atoms with Gasteiger partial charge in [-0.25, -0.2) is 13.1 Å². The minimum absolute atomic E-state index is 0.159. The van der Waals surface area contributed by atoms with E-state index in [-0.39, 0.29) is 11.4 Å². The van der Waals surface area contributed by atoms with Crippen molar-refractivity contribution in [2.24, 2.45) is 5.73 Å². The van der Waals surface area contributed by atoms with E-state index in [0.29, 0.717) is 25.8 Å². The van der Waals surface area contributed by atoms with Gasteiger partial charge in [-0.3, -0.25) is 4.68 Å². The second-order valence-electron chi connectivity index (χ2n) is 4.90. The normalized spacial score (nSPS) is 16.9. The van der Waals surface area contributed by atoms with E-state index in [1.807, 2.05) is 0 Å². The quantitative estimate of drug-likeness (QED) is 0.663. The maximum absolute atomic E-state index is 12.0. The van der Waals surface area contributed by atoms with Crippen molar-refractivity contribution in [3.63, 3.8) is 0 Å². The highest BCUT2D eigenvalue weighted by molar-refractivity contribution is 7.89.